The van der Waals surface area contributed by atoms with Crippen LogP contribution >= 0.6 is 0 Å². The normalized spacial score (nSPS) is 21.9. The van der Waals surface area contributed by atoms with Crippen LogP contribution < -0.4 is 0 Å². The number of carbonyl (C=O) groups is 1. The number of hydrogen-bond donors (Lipinski definition) is 0. The molecule has 3 nitrogen and oxygen atoms in total. The molecule has 1 aromatic carbocycles. The molecule has 0 radical (unpaired) electrons. The van der Waals surface area contributed by atoms with Crippen LogP contribution in [0.3, 0.4) is 0 Å². The Morgan fingerprint density at radius 1 is 1.15 bits per heavy atom. The molecule has 2 atom stereocenters. The summed E-state index contributed by atoms with van der Waals surface area (Å²) in [6.07, 6.45) is 1.86. The van der Waals surface area contributed by atoms with Crippen LogP contribution in [0.4, 0.5) is 0 Å². The molecule has 1 fully saturated rings. The van der Waals surface area contributed by atoms with Crippen molar-refractivity contribution in [3.05, 3.63) is 35.9 Å². The largest absolute Gasteiger partial charge is 0.412 e. The van der Waals surface area contributed by atoms with E-state index >= 15 is 0 Å². The zero-order valence-electron chi connectivity index (χ0n) is 17.9. The Hall–Kier alpha value is -1.13. The van der Waals surface area contributed by atoms with Crippen LogP contribution in [-0.2, 0) is 9.22 Å². The topological polar surface area (TPSA) is 29.5 Å². The second-order valence-corrected chi connectivity index (χ2v) is 14.6. The highest BCUT2D eigenvalue weighted by Gasteiger charge is 2.45. The van der Waals surface area contributed by atoms with Crippen molar-refractivity contribution in [3.63, 3.8) is 0 Å². The molecule has 146 valence electrons. The molecule has 0 saturated carbocycles. The monoisotopic (exact) mass is 375 g/mol. The summed E-state index contributed by atoms with van der Waals surface area (Å²) in [6, 6.07) is 10.5. The van der Waals surface area contributed by atoms with Gasteiger partial charge in [0.1, 0.15) is 0 Å². The fourth-order valence-electron chi connectivity index (χ4n) is 3.23. The molecule has 1 aliphatic heterocycles. The van der Waals surface area contributed by atoms with Gasteiger partial charge in [-0.05, 0) is 36.5 Å². The van der Waals surface area contributed by atoms with Crippen LogP contribution in [0.1, 0.15) is 66.0 Å². The van der Waals surface area contributed by atoms with Crippen LogP contribution in [-0.4, -0.2) is 31.8 Å². The van der Waals surface area contributed by atoms with Gasteiger partial charge < -0.3 is 9.33 Å². The molecule has 1 unspecified atom stereocenters. The number of amides is 1. The second-order valence-electron chi connectivity index (χ2n) is 9.86. The minimum absolute atomic E-state index is 0.115. The predicted molar refractivity (Wildman–Crippen MR) is 112 cm³/mol. The molecular weight excluding hydrogens is 338 g/mol. The smallest absolute Gasteiger partial charge is 0.228 e. The quantitative estimate of drug-likeness (QED) is 0.610. The molecule has 1 aromatic rings. The molecule has 1 aliphatic rings. The van der Waals surface area contributed by atoms with Crippen molar-refractivity contribution in [2.24, 2.45) is 5.41 Å². The molecule has 0 aromatic heterocycles. The van der Waals surface area contributed by atoms with E-state index in [0.29, 0.717) is 6.54 Å². The van der Waals surface area contributed by atoms with Crippen LogP contribution in [0.2, 0.25) is 18.1 Å². The Kier molecular flexibility index (Phi) is 6.08. The number of benzene rings is 1. The highest BCUT2D eigenvalue weighted by atomic mass is 28.4. The van der Waals surface area contributed by atoms with Crippen LogP contribution in [0.15, 0.2) is 30.3 Å². The predicted octanol–water partition coefficient (Wildman–Crippen LogP) is 5.79. The summed E-state index contributed by atoms with van der Waals surface area (Å²) >= 11 is 0. The molecule has 2 rings (SSSR count). The summed E-state index contributed by atoms with van der Waals surface area (Å²) in [6.45, 7) is 18.3. The van der Waals surface area contributed by atoms with E-state index in [4.69, 9.17) is 4.43 Å². The van der Waals surface area contributed by atoms with Crippen molar-refractivity contribution in [1.29, 1.82) is 0 Å². The van der Waals surface area contributed by atoms with Crippen molar-refractivity contribution in [2.75, 3.05) is 6.54 Å². The van der Waals surface area contributed by atoms with Crippen molar-refractivity contribution in [2.45, 2.75) is 84.7 Å². The third-order valence-corrected chi connectivity index (χ3v) is 11.0. The van der Waals surface area contributed by atoms with Gasteiger partial charge in [-0.3, -0.25) is 4.79 Å². The van der Waals surface area contributed by atoms with E-state index in [9.17, 15) is 4.79 Å². The number of rotatable bonds is 5. The molecular formula is C22H37NO2Si. The summed E-state index contributed by atoms with van der Waals surface area (Å²) in [5.41, 5.74) is 0.882. The molecule has 4 heteroatoms. The summed E-state index contributed by atoms with van der Waals surface area (Å²) in [5.74, 6) is 0.246. The maximum Gasteiger partial charge on any atom is 0.228 e. The van der Waals surface area contributed by atoms with Crippen molar-refractivity contribution in [1.82, 2.24) is 4.90 Å². The average Bonchev–Trinajstić information content (AvgIpc) is 2.96. The Morgan fingerprint density at radius 2 is 1.73 bits per heavy atom. The maximum atomic E-state index is 13.3. The zero-order chi connectivity index (χ0) is 19.8. The SMILES string of the molecule is CCC(C)(C)C(=O)N1CC(O[Si](C)(C)C(C)(C)C)C[C@H]1c1ccccc1. The first-order chi connectivity index (χ1) is 11.9. The Bertz CT molecular complexity index is 619. The van der Waals surface area contributed by atoms with Gasteiger partial charge in [-0.2, -0.15) is 0 Å². The number of likely N-dealkylation sites (tertiary alicyclic amines) is 1. The van der Waals surface area contributed by atoms with Gasteiger partial charge in [0.15, 0.2) is 8.32 Å². The molecule has 1 amide bonds. The molecule has 0 N–H and O–H groups in total. The fourth-order valence-corrected chi connectivity index (χ4v) is 4.59. The standard InChI is InChI=1S/C22H37NO2Si/c1-9-22(5,6)20(24)23-16-18(25-26(7,8)21(2,3)4)15-19(23)17-13-11-10-12-14-17/h10-14,18-19H,9,15-16H2,1-8H3/t18?,19-/m0/s1. The van der Waals surface area contributed by atoms with E-state index in [2.05, 4.69) is 83.8 Å². The van der Waals surface area contributed by atoms with Gasteiger partial charge in [-0.1, -0.05) is 71.9 Å². The second kappa shape index (κ2) is 7.47. The number of carbonyl (C=O) groups excluding carboxylic acids is 1. The van der Waals surface area contributed by atoms with Gasteiger partial charge in [-0.15, -0.1) is 0 Å². The molecule has 0 spiro atoms. The van der Waals surface area contributed by atoms with Crippen molar-refractivity contribution in [3.8, 4) is 0 Å². The number of nitrogens with zero attached hydrogens (tertiary/aromatic N) is 1. The summed E-state index contributed by atoms with van der Waals surface area (Å²) < 4.78 is 6.69. The van der Waals surface area contributed by atoms with E-state index in [1.54, 1.807) is 0 Å². The number of hydrogen-bond acceptors (Lipinski definition) is 2. The minimum atomic E-state index is -1.86. The molecule has 26 heavy (non-hydrogen) atoms. The molecule has 1 saturated heterocycles. The minimum Gasteiger partial charge on any atom is -0.412 e. The first kappa shape index (κ1) is 21.2. The summed E-state index contributed by atoms with van der Waals surface area (Å²) in [7, 11) is -1.86. The fraction of sp³-hybridized carbons (Fsp3) is 0.682. The van der Waals surface area contributed by atoms with Crippen LogP contribution in [0.25, 0.3) is 0 Å². The van der Waals surface area contributed by atoms with Gasteiger partial charge in [0.25, 0.3) is 0 Å². The maximum absolute atomic E-state index is 13.3. The van der Waals surface area contributed by atoms with Crippen molar-refractivity contribution >= 4 is 14.2 Å². The van der Waals surface area contributed by atoms with E-state index < -0.39 is 8.32 Å². The lowest BCUT2D eigenvalue weighted by Crippen LogP contribution is -2.45. The van der Waals surface area contributed by atoms with Crippen molar-refractivity contribution < 1.29 is 9.22 Å². The van der Waals surface area contributed by atoms with E-state index in [1.807, 2.05) is 6.07 Å². The molecule has 0 bridgehead atoms. The lowest BCUT2D eigenvalue weighted by Gasteiger charge is -2.38. The van der Waals surface area contributed by atoms with Gasteiger partial charge >= 0.3 is 0 Å². The highest BCUT2D eigenvalue weighted by Crippen LogP contribution is 2.42. The van der Waals surface area contributed by atoms with Gasteiger partial charge in [0.2, 0.25) is 5.91 Å². The summed E-state index contributed by atoms with van der Waals surface area (Å²) in [5, 5.41) is 0.176. The van der Waals surface area contributed by atoms with Gasteiger partial charge in [-0.25, -0.2) is 0 Å². The summed E-state index contributed by atoms with van der Waals surface area (Å²) in [4.78, 5) is 15.4. The highest BCUT2D eigenvalue weighted by molar-refractivity contribution is 6.74. The third kappa shape index (κ3) is 4.40. The lowest BCUT2D eigenvalue weighted by atomic mass is 9.88. The van der Waals surface area contributed by atoms with Crippen LogP contribution in [0.5, 0.6) is 0 Å². The van der Waals surface area contributed by atoms with Crippen LogP contribution in [0, 0.1) is 5.41 Å². The van der Waals surface area contributed by atoms with Gasteiger partial charge in [0, 0.05) is 12.0 Å². The molecule has 1 heterocycles. The Labute approximate surface area is 161 Å². The molecule has 0 aliphatic carbocycles. The van der Waals surface area contributed by atoms with E-state index in [1.165, 1.54) is 5.56 Å². The first-order valence-electron chi connectivity index (χ1n) is 9.93. The average molecular weight is 376 g/mol. The zero-order valence-corrected chi connectivity index (χ0v) is 18.9. The van der Waals surface area contributed by atoms with E-state index in [-0.39, 0.29) is 28.5 Å². The first-order valence-corrected chi connectivity index (χ1v) is 12.8. The Morgan fingerprint density at radius 3 is 2.23 bits per heavy atom. The van der Waals surface area contributed by atoms with E-state index in [0.717, 1.165) is 12.8 Å². The lowest BCUT2D eigenvalue weighted by molar-refractivity contribution is -0.141. The Balaban J connectivity index is 2.28. The van der Waals surface area contributed by atoms with Gasteiger partial charge in [0.05, 0.1) is 12.1 Å². The third-order valence-electron chi connectivity index (χ3n) is 6.44.